The van der Waals surface area contributed by atoms with Crippen LogP contribution in [0.5, 0.6) is 11.5 Å². The van der Waals surface area contributed by atoms with Crippen LogP contribution in [0.25, 0.3) is 21.9 Å². The Morgan fingerprint density at radius 3 is 0.984 bits per heavy atom. The summed E-state index contributed by atoms with van der Waals surface area (Å²) in [7, 11) is 0. The number of hydrogen-bond donors (Lipinski definition) is 0. The first-order chi connectivity index (χ1) is 30.7. The van der Waals surface area contributed by atoms with E-state index in [-0.39, 0.29) is 0 Å². The average Bonchev–Trinajstić information content (AvgIpc) is 4.12. The minimum atomic E-state index is -4.51. The number of hydrogen-bond acceptors (Lipinski definition) is 4. The van der Waals surface area contributed by atoms with Crippen molar-refractivity contribution in [3.8, 4) is 11.5 Å². The standard InChI is InChI=1S/C56H36Ge2O4/c1-5-21-37(22-6-1)57(38-23-7-2-8-24-38)49-41-29-13-17-33-45(41)59-51(49)55-53(57,43-31-15-19-35-47(43)61-55)56-52-50(42-30-14-18-34-46(42)60-52)58(39-25-9-3-10-26-39,40-27-11-4-12-28-40)54(55,56)44-32-16-20-36-48(44)62-56/h1-36H. The number of benzene rings is 8. The molecule has 6 heteroatoms. The van der Waals surface area contributed by atoms with Crippen molar-refractivity contribution in [2.24, 2.45) is 0 Å². The van der Waals surface area contributed by atoms with E-state index in [4.69, 9.17) is 18.3 Å². The monoisotopic (exact) mass is 920 g/mol. The van der Waals surface area contributed by atoms with Gasteiger partial charge in [0, 0.05) is 0 Å². The summed E-state index contributed by atoms with van der Waals surface area (Å²) >= 11 is -9.03. The Hall–Kier alpha value is -6.47. The van der Waals surface area contributed by atoms with Gasteiger partial charge in [0.2, 0.25) is 0 Å². The zero-order valence-electron chi connectivity index (χ0n) is 33.4. The third-order valence-electron chi connectivity index (χ3n) is 15.8. The first-order valence-electron chi connectivity index (χ1n) is 21.6. The molecule has 8 aromatic carbocycles. The summed E-state index contributed by atoms with van der Waals surface area (Å²) in [6, 6.07) is 81.0. The van der Waals surface area contributed by atoms with Gasteiger partial charge in [-0.15, -0.1) is 0 Å². The number of furan rings is 2. The second kappa shape index (κ2) is 11.3. The van der Waals surface area contributed by atoms with Crippen molar-refractivity contribution in [2.45, 2.75) is 19.7 Å². The minimum absolute atomic E-state index is 0.851. The van der Waals surface area contributed by atoms with Crippen molar-refractivity contribution < 1.29 is 18.3 Å². The van der Waals surface area contributed by atoms with Gasteiger partial charge in [-0.25, -0.2) is 0 Å². The van der Waals surface area contributed by atoms with E-state index in [1.807, 2.05) is 0 Å². The Morgan fingerprint density at radius 1 is 0.306 bits per heavy atom. The molecule has 0 N–H and O–H groups in total. The predicted octanol–water partition coefficient (Wildman–Crippen LogP) is 7.99. The van der Waals surface area contributed by atoms with E-state index in [0.717, 1.165) is 45.0 Å². The number of rotatable bonds is 4. The Labute approximate surface area is 363 Å². The van der Waals surface area contributed by atoms with Gasteiger partial charge in [-0.3, -0.25) is 0 Å². The Kier molecular flexibility index (Phi) is 6.23. The van der Waals surface area contributed by atoms with Gasteiger partial charge in [0.25, 0.3) is 0 Å². The molecular formula is C56H36Ge2O4. The molecule has 15 rings (SSSR count). The van der Waals surface area contributed by atoms with E-state index in [1.54, 1.807) is 0 Å². The maximum absolute atomic E-state index is 8.42. The molecule has 0 bridgehead atoms. The van der Waals surface area contributed by atoms with Gasteiger partial charge in [0.1, 0.15) is 0 Å². The van der Waals surface area contributed by atoms with Gasteiger partial charge >= 0.3 is 365 Å². The summed E-state index contributed by atoms with van der Waals surface area (Å²) in [6.45, 7) is 0. The van der Waals surface area contributed by atoms with Gasteiger partial charge in [0.15, 0.2) is 0 Å². The van der Waals surface area contributed by atoms with Crippen molar-refractivity contribution in [3.63, 3.8) is 0 Å². The molecule has 5 aliphatic rings. The van der Waals surface area contributed by atoms with Gasteiger partial charge in [-0.05, 0) is 0 Å². The van der Waals surface area contributed by atoms with Gasteiger partial charge < -0.3 is 0 Å². The average molecular weight is 918 g/mol. The fourth-order valence-electron chi connectivity index (χ4n) is 14.6. The van der Waals surface area contributed by atoms with Crippen LogP contribution in [0, 0.1) is 0 Å². The first kappa shape index (κ1) is 34.2. The van der Waals surface area contributed by atoms with Crippen molar-refractivity contribution in [1.29, 1.82) is 0 Å². The van der Waals surface area contributed by atoms with E-state index >= 15 is 0 Å². The molecule has 4 aliphatic heterocycles. The summed E-state index contributed by atoms with van der Waals surface area (Å²) in [4.78, 5) is 0. The molecular weight excluding hydrogens is 882 g/mol. The second-order valence-corrected chi connectivity index (χ2v) is 34.0. The zero-order chi connectivity index (χ0) is 40.5. The van der Waals surface area contributed by atoms with Crippen LogP contribution in [0.1, 0.15) is 22.6 Å². The summed E-state index contributed by atoms with van der Waals surface area (Å²) in [6.07, 6.45) is 0. The molecule has 0 atom stereocenters. The van der Waals surface area contributed by atoms with Crippen LogP contribution in [0.15, 0.2) is 227 Å². The molecule has 1 aliphatic carbocycles. The Balaban J connectivity index is 1.30. The number of ether oxygens (including phenoxy) is 2. The molecule has 6 heterocycles. The van der Waals surface area contributed by atoms with Crippen LogP contribution >= 0.6 is 0 Å². The van der Waals surface area contributed by atoms with E-state index in [0.29, 0.717) is 0 Å². The van der Waals surface area contributed by atoms with Crippen LogP contribution in [-0.2, 0) is 19.7 Å². The summed E-state index contributed by atoms with van der Waals surface area (Å²) in [5.41, 5.74) is 1.95. The molecule has 0 radical (unpaired) electrons. The van der Waals surface area contributed by atoms with Crippen LogP contribution in [0.4, 0.5) is 0 Å². The fraction of sp³-hybridized carbons (Fsp3) is 0.0714. The maximum atomic E-state index is 8.42. The third-order valence-corrected chi connectivity index (χ3v) is 39.9. The third kappa shape index (κ3) is 3.12. The zero-order valence-corrected chi connectivity index (χ0v) is 37.6. The molecule has 292 valence electrons. The van der Waals surface area contributed by atoms with Crippen molar-refractivity contribution in [2.75, 3.05) is 0 Å². The molecule has 0 amide bonds. The van der Waals surface area contributed by atoms with Crippen molar-refractivity contribution in [1.82, 2.24) is 0 Å². The van der Waals surface area contributed by atoms with E-state index in [1.165, 1.54) is 37.5 Å². The van der Waals surface area contributed by atoms with Crippen LogP contribution in [0.3, 0.4) is 0 Å². The quantitative estimate of drug-likeness (QED) is 0.168. The molecule has 62 heavy (non-hydrogen) atoms. The fourth-order valence-corrected chi connectivity index (χ4v) is 45.4. The van der Waals surface area contributed by atoms with E-state index in [9.17, 15) is 0 Å². The second-order valence-electron chi connectivity index (χ2n) is 17.6. The van der Waals surface area contributed by atoms with E-state index < -0.39 is 46.2 Å². The molecule has 10 aromatic rings. The molecule has 4 nitrogen and oxygen atoms in total. The SMILES string of the molecule is c1cc[c]([Ge]2([c]3ccccc3)[c]3c(oc4ccccc34)C34Oc5ccccc5[C]32C23Oc5ccccc5[C]42[Ge]([c]2ccccc2)([c]2ccccc2)[c]2c3oc3ccccc23)cc1. The van der Waals surface area contributed by atoms with Crippen LogP contribution < -0.4 is 35.8 Å². The van der Waals surface area contributed by atoms with Crippen LogP contribution in [0.2, 0.25) is 0 Å². The Bertz CT molecular complexity index is 3180. The molecule has 1 fully saturated rings. The van der Waals surface area contributed by atoms with Crippen LogP contribution in [-0.4, -0.2) is 26.5 Å². The molecule has 0 spiro atoms. The van der Waals surface area contributed by atoms with Crippen molar-refractivity contribution in [3.05, 3.63) is 241 Å². The number of para-hydroxylation sites is 4. The normalized spacial score (nSPS) is 25.5. The summed E-state index contributed by atoms with van der Waals surface area (Å²) in [5, 5.41) is 2.32. The molecule has 1 saturated carbocycles. The summed E-state index contributed by atoms with van der Waals surface area (Å²) < 4.78 is 38.7. The molecule has 2 aromatic heterocycles. The predicted molar refractivity (Wildman–Crippen MR) is 248 cm³/mol. The molecule has 0 unspecified atom stereocenters. The van der Waals surface area contributed by atoms with Gasteiger partial charge in [-0.2, -0.15) is 0 Å². The molecule has 0 saturated heterocycles. The Morgan fingerprint density at radius 2 is 0.613 bits per heavy atom. The van der Waals surface area contributed by atoms with E-state index in [2.05, 4.69) is 218 Å². The van der Waals surface area contributed by atoms with Gasteiger partial charge in [0.05, 0.1) is 0 Å². The summed E-state index contributed by atoms with van der Waals surface area (Å²) in [5.74, 6) is 3.70. The topological polar surface area (TPSA) is 44.7 Å². The van der Waals surface area contributed by atoms with Crippen molar-refractivity contribution >= 4 is 74.8 Å². The van der Waals surface area contributed by atoms with Gasteiger partial charge in [-0.1, -0.05) is 0 Å². The number of fused-ring (bicyclic) bond motifs is 8. The first-order valence-corrected chi connectivity index (χ1v) is 30.0.